The first-order valence-electron chi connectivity index (χ1n) is 7.19. The summed E-state index contributed by atoms with van der Waals surface area (Å²) < 4.78 is 13.2. The van der Waals surface area contributed by atoms with Gasteiger partial charge in [-0.2, -0.15) is 0 Å². The van der Waals surface area contributed by atoms with E-state index in [-0.39, 0.29) is 11.6 Å². The lowest BCUT2D eigenvalue weighted by atomic mass is 10.1. The standard InChI is InChI=1S/C18H19FN2OS/c1-13(2)11-20-18(23)21(16-9-7-15(19)8-10-16)12-14-5-3-4-6-17(14)22/h3-10,22H,1,11-12H2,2H3,(H,20,23). The Hall–Kier alpha value is -2.40. The van der Waals surface area contributed by atoms with Crippen molar-refractivity contribution in [3.8, 4) is 5.75 Å². The molecule has 120 valence electrons. The third-order valence-electron chi connectivity index (χ3n) is 3.24. The van der Waals surface area contributed by atoms with Gasteiger partial charge in [0.15, 0.2) is 5.11 Å². The van der Waals surface area contributed by atoms with Crippen LogP contribution in [0.3, 0.4) is 0 Å². The van der Waals surface area contributed by atoms with Gasteiger partial charge in [0.25, 0.3) is 0 Å². The number of nitrogens with zero attached hydrogens (tertiary/aromatic N) is 1. The summed E-state index contributed by atoms with van der Waals surface area (Å²) in [5, 5.41) is 13.6. The monoisotopic (exact) mass is 330 g/mol. The van der Waals surface area contributed by atoms with Gasteiger partial charge in [-0.15, -0.1) is 0 Å². The molecule has 2 aromatic rings. The number of halogens is 1. The molecule has 0 radical (unpaired) electrons. The molecule has 0 saturated heterocycles. The lowest BCUT2D eigenvalue weighted by Crippen LogP contribution is -2.40. The minimum atomic E-state index is -0.308. The predicted octanol–water partition coefficient (Wildman–Crippen LogP) is 3.99. The molecule has 5 heteroatoms. The van der Waals surface area contributed by atoms with Crippen molar-refractivity contribution in [3.63, 3.8) is 0 Å². The minimum Gasteiger partial charge on any atom is -0.508 e. The fourth-order valence-corrected chi connectivity index (χ4v) is 2.28. The summed E-state index contributed by atoms with van der Waals surface area (Å²) >= 11 is 5.45. The molecule has 0 atom stereocenters. The Labute approximate surface area is 141 Å². The van der Waals surface area contributed by atoms with E-state index in [1.54, 1.807) is 24.3 Å². The predicted molar refractivity (Wildman–Crippen MR) is 96.1 cm³/mol. The minimum absolute atomic E-state index is 0.197. The van der Waals surface area contributed by atoms with Crippen molar-refractivity contribution in [3.05, 3.63) is 72.1 Å². The molecule has 3 nitrogen and oxygen atoms in total. The molecule has 0 aliphatic rings. The third kappa shape index (κ3) is 4.79. The van der Waals surface area contributed by atoms with Crippen LogP contribution in [0.1, 0.15) is 12.5 Å². The van der Waals surface area contributed by atoms with Gasteiger partial charge in [0.1, 0.15) is 11.6 Å². The number of anilines is 1. The molecule has 0 spiro atoms. The second-order valence-corrected chi connectivity index (χ2v) is 5.69. The number of benzene rings is 2. The molecule has 0 aliphatic heterocycles. The number of aromatic hydroxyl groups is 1. The molecule has 0 aliphatic carbocycles. The smallest absolute Gasteiger partial charge is 0.174 e. The summed E-state index contributed by atoms with van der Waals surface area (Å²) in [5.74, 6) is -0.112. The number of rotatable bonds is 5. The molecule has 2 aromatic carbocycles. The molecule has 0 unspecified atom stereocenters. The number of para-hydroxylation sites is 1. The molecule has 2 rings (SSSR count). The first kappa shape index (κ1) is 17.0. The van der Waals surface area contributed by atoms with Gasteiger partial charge in [0.2, 0.25) is 0 Å². The van der Waals surface area contributed by atoms with Crippen molar-refractivity contribution in [1.29, 1.82) is 0 Å². The summed E-state index contributed by atoms with van der Waals surface area (Å²) in [6, 6.07) is 13.1. The third-order valence-corrected chi connectivity index (χ3v) is 3.61. The molecule has 0 bridgehead atoms. The van der Waals surface area contributed by atoms with Crippen LogP contribution in [0.15, 0.2) is 60.7 Å². The van der Waals surface area contributed by atoms with Crippen molar-refractivity contribution in [2.75, 3.05) is 11.4 Å². The Kier molecular flexibility index (Phi) is 5.71. The van der Waals surface area contributed by atoms with Crippen LogP contribution in [0.5, 0.6) is 5.75 Å². The second kappa shape index (κ2) is 7.74. The zero-order valence-electron chi connectivity index (χ0n) is 12.9. The van der Waals surface area contributed by atoms with Crippen molar-refractivity contribution in [2.45, 2.75) is 13.5 Å². The molecular formula is C18H19FN2OS. The van der Waals surface area contributed by atoms with E-state index in [9.17, 15) is 9.50 Å². The number of phenolic OH excluding ortho intramolecular Hbond substituents is 1. The van der Waals surface area contributed by atoms with Gasteiger partial charge < -0.3 is 15.3 Å². The van der Waals surface area contributed by atoms with Crippen molar-refractivity contribution >= 4 is 23.0 Å². The highest BCUT2D eigenvalue weighted by atomic mass is 32.1. The van der Waals surface area contributed by atoms with Crippen LogP contribution in [-0.2, 0) is 6.54 Å². The Bertz CT molecular complexity index is 700. The van der Waals surface area contributed by atoms with Gasteiger partial charge in [-0.3, -0.25) is 0 Å². The number of phenols is 1. The summed E-state index contributed by atoms with van der Waals surface area (Å²) in [4.78, 5) is 1.81. The van der Waals surface area contributed by atoms with Gasteiger partial charge in [-0.05, 0) is 49.5 Å². The fraction of sp³-hybridized carbons (Fsp3) is 0.167. The maximum atomic E-state index is 13.2. The maximum absolute atomic E-state index is 13.2. The number of hydrogen-bond acceptors (Lipinski definition) is 2. The summed E-state index contributed by atoms with van der Waals surface area (Å²) in [5.41, 5.74) is 2.43. The molecule has 0 aromatic heterocycles. The highest BCUT2D eigenvalue weighted by Crippen LogP contribution is 2.23. The highest BCUT2D eigenvalue weighted by molar-refractivity contribution is 7.80. The Morgan fingerprint density at radius 3 is 2.48 bits per heavy atom. The topological polar surface area (TPSA) is 35.5 Å². The van der Waals surface area contributed by atoms with Crippen LogP contribution in [0.2, 0.25) is 0 Å². The second-order valence-electron chi connectivity index (χ2n) is 5.31. The largest absolute Gasteiger partial charge is 0.508 e. The van der Waals surface area contributed by atoms with Crippen LogP contribution in [0, 0.1) is 5.82 Å². The maximum Gasteiger partial charge on any atom is 0.174 e. The Balaban J connectivity index is 2.27. The quantitative estimate of drug-likeness (QED) is 0.642. The van der Waals surface area contributed by atoms with Gasteiger partial charge in [0, 0.05) is 17.8 Å². The molecule has 2 N–H and O–H groups in total. The zero-order valence-corrected chi connectivity index (χ0v) is 13.7. The Morgan fingerprint density at radius 1 is 1.22 bits per heavy atom. The summed E-state index contributed by atoms with van der Waals surface area (Å²) in [7, 11) is 0. The zero-order chi connectivity index (χ0) is 16.8. The molecular weight excluding hydrogens is 311 g/mol. The average Bonchev–Trinajstić information content (AvgIpc) is 2.53. The number of nitrogens with one attached hydrogen (secondary N) is 1. The molecule has 0 fully saturated rings. The lowest BCUT2D eigenvalue weighted by Gasteiger charge is -2.26. The fourth-order valence-electron chi connectivity index (χ4n) is 2.04. The van der Waals surface area contributed by atoms with E-state index in [4.69, 9.17) is 12.2 Å². The van der Waals surface area contributed by atoms with E-state index in [1.165, 1.54) is 12.1 Å². The summed E-state index contributed by atoms with van der Waals surface area (Å²) in [6.45, 7) is 6.67. The highest BCUT2D eigenvalue weighted by Gasteiger charge is 2.14. The van der Waals surface area contributed by atoms with Crippen LogP contribution in [0.4, 0.5) is 10.1 Å². The van der Waals surface area contributed by atoms with E-state index in [0.29, 0.717) is 18.2 Å². The van der Waals surface area contributed by atoms with Gasteiger partial charge in [0.05, 0.1) is 6.54 Å². The average molecular weight is 330 g/mol. The molecule has 0 heterocycles. The van der Waals surface area contributed by atoms with E-state index in [0.717, 1.165) is 16.8 Å². The van der Waals surface area contributed by atoms with Crippen LogP contribution >= 0.6 is 12.2 Å². The van der Waals surface area contributed by atoms with E-state index < -0.39 is 0 Å². The first-order valence-corrected chi connectivity index (χ1v) is 7.60. The van der Waals surface area contributed by atoms with E-state index in [2.05, 4.69) is 11.9 Å². The van der Waals surface area contributed by atoms with Gasteiger partial charge in [-0.1, -0.05) is 30.4 Å². The normalized spacial score (nSPS) is 10.2. The van der Waals surface area contributed by atoms with Crippen molar-refractivity contribution in [2.24, 2.45) is 0 Å². The Morgan fingerprint density at radius 2 is 1.87 bits per heavy atom. The van der Waals surface area contributed by atoms with Crippen LogP contribution in [0.25, 0.3) is 0 Å². The van der Waals surface area contributed by atoms with Crippen LogP contribution < -0.4 is 10.2 Å². The molecule has 0 saturated carbocycles. The molecule has 23 heavy (non-hydrogen) atoms. The van der Waals surface area contributed by atoms with Gasteiger partial charge in [-0.25, -0.2) is 4.39 Å². The van der Waals surface area contributed by atoms with E-state index >= 15 is 0 Å². The van der Waals surface area contributed by atoms with Gasteiger partial charge >= 0.3 is 0 Å². The SMILES string of the molecule is C=C(C)CNC(=S)N(Cc1ccccc1O)c1ccc(F)cc1. The van der Waals surface area contributed by atoms with Crippen LogP contribution in [-0.4, -0.2) is 16.8 Å². The summed E-state index contributed by atoms with van der Waals surface area (Å²) in [6.07, 6.45) is 0. The van der Waals surface area contributed by atoms with Crippen molar-refractivity contribution in [1.82, 2.24) is 5.32 Å². The van der Waals surface area contributed by atoms with E-state index in [1.807, 2.05) is 24.0 Å². The number of hydrogen-bond donors (Lipinski definition) is 2. The number of thiocarbonyl (C=S) groups is 1. The first-order chi connectivity index (χ1) is 11.0. The lowest BCUT2D eigenvalue weighted by molar-refractivity contribution is 0.468. The molecule has 0 amide bonds. The van der Waals surface area contributed by atoms with Crippen molar-refractivity contribution < 1.29 is 9.50 Å².